The van der Waals surface area contributed by atoms with E-state index in [4.69, 9.17) is 0 Å². The van der Waals surface area contributed by atoms with Gasteiger partial charge in [-0.2, -0.15) is 13.2 Å². The van der Waals surface area contributed by atoms with Crippen molar-refractivity contribution in [3.8, 4) is 11.1 Å². The number of carbonyl (C=O) groups is 1. The zero-order valence-electron chi connectivity index (χ0n) is 17.9. The molecule has 0 saturated carbocycles. The highest BCUT2D eigenvalue weighted by molar-refractivity contribution is 5.91. The number of nitrogens with one attached hydrogen (secondary N) is 1. The van der Waals surface area contributed by atoms with Crippen molar-refractivity contribution in [2.75, 3.05) is 5.32 Å². The lowest BCUT2D eigenvalue weighted by Crippen LogP contribution is -2.13. The van der Waals surface area contributed by atoms with E-state index in [9.17, 15) is 18.0 Å². The second-order valence-electron chi connectivity index (χ2n) is 8.65. The van der Waals surface area contributed by atoms with E-state index in [-0.39, 0.29) is 11.3 Å². The highest BCUT2D eigenvalue weighted by Crippen LogP contribution is 2.32. The third-order valence-corrected chi connectivity index (χ3v) is 5.15. The first-order chi connectivity index (χ1) is 14.5. The summed E-state index contributed by atoms with van der Waals surface area (Å²) >= 11 is 0. The predicted octanol–water partition coefficient (Wildman–Crippen LogP) is 7.24. The van der Waals surface area contributed by atoms with Gasteiger partial charge >= 0.3 is 6.18 Å². The Hall–Kier alpha value is -3.08. The SMILES string of the molecule is CC(C)(C)c1ccc(CCC(=O)Nc2ccc(-c3cccc(C(F)(F)F)c3)cc2)cc1. The van der Waals surface area contributed by atoms with Crippen molar-refractivity contribution in [1.82, 2.24) is 0 Å². The smallest absolute Gasteiger partial charge is 0.326 e. The molecule has 0 radical (unpaired) electrons. The van der Waals surface area contributed by atoms with Crippen LogP contribution in [-0.4, -0.2) is 5.91 Å². The number of benzene rings is 3. The first-order valence-corrected chi connectivity index (χ1v) is 10.2. The topological polar surface area (TPSA) is 29.1 Å². The first kappa shape index (κ1) is 22.6. The van der Waals surface area contributed by atoms with Gasteiger partial charge in [-0.15, -0.1) is 0 Å². The van der Waals surface area contributed by atoms with Gasteiger partial charge in [0.1, 0.15) is 0 Å². The average molecular weight is 425 g/mol. The van der Waals surface area contributed by atoms with Crippen LogP contribution < -0.4 is 5.32 Å². The molecule has 2 nitrogen and oxygen atoms in total. The highest BCUT2D eigenvalue weighted by atomic mass is 19.4. The fourth-order valence-electron chi connectivity index (χ4n) is 3.27. The Morgan fingerprint density at radius 3 is 2.03 bits per heavy atom. The lowest BCUT2D eigenvalue weighted by Gasteiger charge is -2.19. The summed E-state index contributed by atoms with van der Waals surface area (Å²) < 4.78 is 38.7. The van der Waals surface area contributed by atoms with E-state index in [1.807, 2.05) is 0 Å². The molecule has 5 heteroatoms. The quantitative estimate of drug-likeness (QED) is 0.459. The van der Waals surface area contributed by atoms with Gasteiger partial charge in [-0.05, 0) is 58.4 Å². The second-order valence-corrected chi connectivity index (χ2v) is 8.65. The van der Waals surface area contributed by atoms with E-state index < -0.39 is 11.7 Å². The fourth-order valence-corrected chi connectivity index (χ4v) is 3.27. The van der Waals surface area contributed by atoms with E-state index in [0.29, 0.717) is 29.7 Å². The molecular weight excluding hydrogens is 399 g/mol. The molecule has 0 aromatic heterocycles. The maximum absolute atomic E-state index is 12.9. The molecule has 1 amide bonds. The summed E-state index contributed by atoms with van der Waals surface area (Å²) in [4.78, 5) is 12.3. The Bertz CT molecular complexity index is 1030. The number of amides is 1. The van der Waals surface area contributed by atoms with E-state index >= 15 is 0 Å². The van der Waals surface area contributed by atoms with Gasteiger partial charge in [0.15, 0.2) is 0 Å². The van der Waals surface area contributed by atoms with E-state index in [0.717, 1.165) is 17.7 Å². The van der Waals surface area contributed by atoms with Gasteiger partial charge in [0, 0.05) is 12.1 Å². The number of rotatable bonds is 5. The van der Waals surface area contributed by atoms with Gasteiger partial charge in [-0.3, -0.25) is 4.79 Å². The molecule has 0 aliphatic heterocycles. The van der Waals surface area contributed by atoms with Gasteiger partial charge in [-0.1, -0.05) is 69.3 Å². The maximum Gasteiger partial charge on any atom is 0.416 e. The largest absolute Gasteiger partial charge is 0.416 e. The van der Waals surface area contributed by atoms with Gasteiger partial charge in [-0.25, -0.2) is 0 Å². The average Bonchev–Trinajstić information content (AvgIpc) is 2.72. The van der Waals surface area contributed by atoms with Crippen LogP contribution in [0, 0.1) is 0 Å². The van der Waals surface area contributed by atoms with Crippen molar-refractivity contribution in [2.45, 2.75) is 45.2 Å². The minimum Gasteiger partial charge on any atom is -0.326 e. The minimum atomic E-state index is -4.38. The molecule has 3 aromatic rings. The summed E-state index contributed by atoms with van der Waals surface area (Å²) in [6.45, 7) is 6.48. The van der Waals surface area contributed by atoms with Crippen LogP contribution in [0.2, 0.25) is 0 Å². The Morgan fingerprint density at radius 2 is 1.45 bits per heavy atom. The zero-order chi connectivity index (χ0) is 22.6. The van der Waals surface area contributed by atoms with Crippen molar-refractivity contribution in [1.29, 1.82) is 0 Å². The van der Waals surface area contributed by atoms with Crippen LogP contribution in [-0.2, 0) is 22.8 Å². The summed E-state index contributed by atoms with van der Waals surface area (Å²) in [5.74, 6) is -0.105. The summed E-state index contributed by atoms with van der Waals surface area (Å²) in [5.41, 5.74) is 3.51. The summed E-state index contributed by atoms with van der Waals surface area (Å²) in [7, 11) is 0. The molecule has 31 heavy (non-hydrogen) atoms. The second kappa shape index (κ2) is 8.96. The van der Waals surface area contributed by atoms with E-state index in [1.165, 1.54) is 11.6 Å². The molecule has 0 heterocycles. The number of anilines is 1. The van der Waals surface area contributed by atoms with Crippen LogP contribution in [0.3, 0.4) is 0 Å². The van der Waals surface area contributed by atoms with Crippen molar-refractivity contribution in [2.24, 2.45) is 0 Å². The monoisotopic (exact) mass is 425 g/mol. The molecular formula is C26H26F3NO. The third kappa shape index (κ3) is 6.20. The Morgan fingerprint density at radius 1 is 0.806 bits per heavy atom. The molecule has 0 spiro atoms. The number of carbonyl (C=O) groups excluding carboxylic acids is 1. The molecule has 0 aliphatic rings. The molecule has 0 fully saturated rings. The molecule has 3 aromatic carbocycles. The van der Waals surface area contributed by atoms with Gasteiger partial charge in [0.2, 0.25) is 5.91 Å². The number of aryl methyl sites for hydroxylation is 1. The molecule has 0 atom stereocenters. The van der Waals surface area contributed by atoms with E-state index in [1.54, 1.807) is 30.3 Å². The normalized spacial score (nSPS) is 11.9. The third-order valence-electron chi connectivity index (χ3n) is 5.15. The van der Waals surface area contributed by atoms with Crippen molar-refractivity contribution < 1.29 is 18.0 Å². The molecule has 0 saturated heterocycles. The predicted molar refractivity (Wildman–Crippen MR) is 119 cm³/mol. The van der Waals surface area contributed by atoms with Gasteiger partial charge in [0.25, 0.3) is 0 Å². The van der Waals surface area contributed by atoms with Crippen LogP contribution >= 0.6 is 0 Å². The summed E-state index contributed by atoms with van der Waals surface area (Å²) in [6, 6.07) is 20.3. The van der Waals surface area contributed by atoms with Gasteiger partial charge in [0.05, 0.1) is 5.56 Å². The van der Waals surface area contributed by atoms with Crippen molar-refractivity contribution in [3.63, 3.8) is 0 Å². The van der Waals surface area contributed by atoms with Crippen LogP contribution in [0.1, 0.15) is 43.9 Å². The number of alkyl halides is 3. The Kier molecular flexibility index (Phi) is 6.54. The zero-order valence-corrected chi connectivity index (χ0v) is 17.9. The number of halogens is 3. The molecule has 3 rings (SSSR count). The molecule has 162 valence electrons. The molecule has 1 N–H and O–H groups in total. The maximum atomic E-state index is 12.9. The Labute approximate surface area is 181 Å². The first-order valence-electron chi connectivity index (χ1n) is 10.2. The van der Waals surface area contributed by atoms with Crippen molar-refractivity contribution >= 4 is 11.6 Å². The lowest BCUT2D eigenvalue weighted by atomic mass is 9.86. The summed E-state index contributed by atoms with van der Waals surface area (Å²) in [6.07, 6.45) is -3.39. The molecule has 0 aliphatic carbocycles. The molecule has 0 unspecified atom stereocenters. The number of hydrogen-bond donors (Lipinski definition) is 1. The van der Waals surface area contributed by atoms with Crippen LogP contribution in [0.4, 0.5) is 18.9 Å². The lowest BCUT2D eigenvalue weighted by molar-refractivity contribution is -0.137. The Balaban J connectivity index is 1.58. The fraction of sp³-hybridized carbons (Fsp3) is 0.269. The van der Waals surface area contributed by atoms with E-state index in [2.05, 4.69) is 50.4 Å². The van der Waals surface area contributed by atoms with Crippen LogP contribution in [0.25, 0.3) is 11.1 Å². The number of hydrogen-bond acceptors (Lipinski definition) is 1. The summed E-state index contributed by atoms with van der Waals surface area (Å²) in [5, 5.41) is 2.84. The highest BCUT2D eigenvalue weighted by Gasteiger charge is 2.30. The van der Waals surface area contributed by atoms with Crippen LogP contribution in [0.15, 0.2) is 72.8 Å². The molecule has 0 bridgehead atoms. The van der Waals surface area contributed by atoms with Crippen molar-refractivity contribution in [3.05, 3.63) is 89.5 Å². The standard InChI is InChI=1S/C26H26F3NO/c1-25(2,3)21-12-7-18(8-13-21)9-16-24(31)30-23-14-10-19(11-15-23)20-5-4-6-22(17-20)26(27,28)29/h4-8,10-15,17H,9,16H2,1-3H3,(H,30,31). The van der Waals surface area contributed by atoms with Crippen LogP contribution in [0.5, 0.6) is 0 Å². The van der Waals surface area contributed by atoms with Gasteiger partial charge < -0.3 is 5.32 Å². The minimum absolute atomic E-state index is 0.0934.